The van der Waals surface area contributed by atoms with Crippen molar-refractivity contribution >= 4 is 11.6 Å². The lowest BCUT2D eigenvalue weighted by atomic mass is 10.1. The van der Waals surface area contributed by atoms with Crippen LogP contribution in [-0.2, 0) is 17.8 Å². The molecule has 96 valence electrons. The molecule has 2 N–H and O–H groups in total. The molecule has 0 radical (unpaired) electrons. The van der Waals surface area contributed by atoms with Crippen LogP contribution in [0, 0.1) is 5.82 Å². The van der Waals surface area contributed by atoms with Crippen LogP contribution < -0.4 is 10.6 Å². The molecule has 0 unspecified atom stereocenters. The third-order valence-electron chi connectivity index (χ3n) is 3.46. The summed E-state index contributed by atoms with van der Waals surface area (Å²) in [7, 11) is 0. The summed E-state index contributed by atoms with van der Waals surface area (Å²) in [6.45, 7) is 4.67. The van der Waals surface area contributed by atoms with Crippen molar-refractivity contribution in [3.63, 3.8) is 0 Å². The molecule has 0 aromatic heterocycles. The lowest BCUT2D eigenvalue weighted by Gasteiger charge is -2.27. The fourth-order valence-electron chi connectivity index (χ4n) is 2.58. The van der Waals surface area contributed by atoms with Gasteiger partial charge in [0.1, 0.15) is 5.82 Å². The molecule has 0 spiro atoms. The summed E-state index contributed by atoms with van der Waals surface area (Å²) in [5, 5.41) is 5.85. The molecular weight excluding hydrogens is 233 g/mol. The maximum absolute atomic E-state index is 13.8. The number of carbonyl (C=O) groups is 1. The van der Waals surface area contributed by atoms with E-state index in [0.717, 1.165) is 43.9 Å². The summed E-state index contributed by atoms with van der Waals surface area (Å²) in [6.07, 6.45) is 0.293. The lowest BCUT2D eigenvalue weighted by molar-refractivity contribution is -0.115. The highest BCUT2D eigenvalue weighted by Gasteiger charge is 2.22. The van der Waals surface area contributed by atoms with Crippen LogP contribution in [0.4, 0.5) is 10.1 Å². The van der Waals surface area contributed by atoms with Gasteiger partial charge in [0, 0.05) is 32.7 Å². The van der Waals surface area contributed by atoms with Crippen molar-refractivity contribution in [2.45, 2.75) is 13.0 Å². The number of nitrogens with one attached hydrogen (secondary N) is 2. The fourth-order valence-corrected chi connectivity index (χ4v) is 2.58. The summed E-state index contributed by atoms with van der Waals surface area (Å²) in [5.41, 5.74) is 2.10. The molecular formula is C13H16FN3O. The van der Waals surface area contributed by atoms with Crippen molar-refractivity contribution in [3.8, 4) is 0 Å². The number of carbonyl (C=O) groups excluding carboxylic acids is 1. The van der Waals surface area contributed by atoms with Gasteiger partial charge in [-0.25, -0.2) is 4.39 Å². The Balaban J connectivity index is 1.79. The topological polar surface area (TPSA) is 44.4 Å². The van der Waals surface area contributed by atoms with E-state index in [1.54, 1.807) is 0 Å². The second kappa shape index (κ2) is 4.66. The van der Waals surface area contributed by atoms with E-state index >= 15 is 0 Å². The molecule has 4 nitrogen and oxygen atoms in total. The predicted octanol–water partition coefficient (Wildman–Crippen LogP) is 0.725. The minimum Gasteiger partial charge on any atom is -0.323 e. The standard InChI is InChI=1S/C13H16FN3O/c14-11-6-9(8-17-3-1-15-2-4-17)5-10-7-12(18)16-13(10)11/h5-6,15H,1-4,7-8H2,(H,16,18). The smallest absolute Gasteiger partial charge is 0.228 e. The van der Waals surface area contributed by atoms with Gasteiger partial charge in [0.25, 0.3) is 0 Å². The first-order valence-electron chi connectivity index (χ1n) is 6.26. The molecule has 1 saturated heterocycles. The molecule has 0 saturated carbocycles. The summed E-state index contributed by atoms with van der Waals surface area (Å²) < 4.78 is 13.8. The van der Waals surface area contributed by atoms with E-state index in [4.69, 9.17) is 0 Å². The van der Waals surface area contributed by atoms with Crippen LogP contribution in [0.15, 0.2) is 12.1 Å². The lowest BCUT2D eigenvalue weighted by Crippen LogP contribution is -2.42. The van der Waals surface area contributed by atoms with E-state index in [-0.39, 0.29) is 11.7 Å². The molecule has 3 rings (SSSR count). The Kier molecular flexibility index (Phi) is 3.01. The molecule has 1 amide bonds. The molecule has 0 aliphatic carbocycles. The Morgan fingerprint density at radius 3 is 2.83 bits per heavy atom. The van der Waals surface area contributed by atoms with Crippen molar-refractivity contribution in [2.24, 2.45) is 0 Å². The first-order valence-corrected chi connectivity index (χ1v) is 6.26. The molecule has 2 heterocycles. The van der Waals surface area contributed by atoms with Crippen molar-refractivity contribution in [1.82, 2.24) is 10.2 Å². The van der Waals surface area contributed by atoms with Gasteiger partial charge in [0.2, 0.25) is 5.91 Å². The average molecular weight is 249 g/mol. The van der Waals surface area contributed by atoms with Gasteiger partial charge in [-0.05, 0) is 17.2 Å². The van der Waals surface area contributed by atoms with Gasteiger partial charge in [-0.3, -0.25) is 9.69 Å². The maximum Gasteiger partial charge on any atom is 0.228 e. The monoisotopic (exact) mass is 249 g/mol. The number of rotatable bonds is 2. The van der Waals surface area contributed by atoms with E-state index in [0.29, 0.717) is 12.1 Å². The quantitative estimate of drug-likeness (QED) is 0.812. The number of amides is 1. The minimum absolute atomic E-state index is 0.122. The minimum atomic E-state index is -0.316. The maximum atomic E-state index is 13.8. The predicted molar refractivity (Wildman–Crippen MR) is 66.9 cm³/mol. The van der Waals surface area contributed by atoms with Crippen LogP contribution in [0.3, 0.4) is 0 Å². The molecule has 2 aliphatic rings. The van der Waals surface area contributed by atoms with Crippen molar-refractivity contribution < 1.29 is 9.18 Å². The molecule has 1 aromatic rings. The molecule has 0 bridgehead atoms. The van der Waals surface area contributed by atoms with Gasteiger partial charge in [0.15, 0.2) is 0 Å². The second-order valence-corrected chi connectivity index (χ2v) is 4.86. The Labute approximate surface area is 105 Å². The molecule has 1 aromatic carbocycles. The summed E-state index contributed by atoms with van der Waals surface area (Å²) >= 11 is 0. The highest BCUT2D eigenvalue weighted by Crippen LogP contribution is 2.28. The second-order valence-electron chi connectivity index (χ2n) is 4.86. The number of hydrogen-bond donors (Lipinski definition) is 2. The SMILES string of the molecule is O=C1Cc2cc(CN3CCNCC3)cc(F)c2N1. The van der Waals surface area contributed by atoms with Crippen molar-refractivity contribution in [1.29, 1.82) is 0 Å². The number of anilines is 1. The number of nitrogens with zero attached hydrogens (tertiary/aromatic N) is 1. The van der Waals surface area contributed by atoms with Gasteiger partial charge in [0.05, 0.1) is 12.1 Å². The van der Waals surface area contributed by atoms with Gasteiger partial charge >= 0.3 is 0 Å². The number of halogens is 1. The zero-order chi connectivity index (χ0) is 12.5. The summed E-state index contributed by atoms with van der Waals surface area (Å²) in [6, 6.07) is 3.48. The van der Waals surface area contributed by atoms with Gasteiger partial charge < -0.3 is 10.6 Å². The first kappa shape index (κ1) is 11.6. The zero-order valence-electron chi connectivity index (χ0n) is 10.1. The van der Waals surface area contributed by atoms with E-state index in [1.165, 1.54) is 6.07 Å². The van der Waals surface area contributed by atoms with Crippen LogP contribution in [0.1, 0.15) is 11.1 Å². The number of hydrogen-bond acceptors (Lipinski definition) is 3. The third kappa shape index (κ3) is 2.23. The van der Waals surface area contributed by atoms with E-state index < -0.39 is 0 Å². The molecule has 1 fully saturated rings. The van der Waals surface area contributed by atoms with Crippen molar-refractivity contribution in [2.75, 3.05) is 31.5 Å². The van der Waals surface area contributed by atoms with Crippen LogP contribution in [0.2, 0.25) is 0 Å². The highest BCUT2D eigenvalue weighted by atomic mass is 19.1. The normalized spacial score (nSPS) is 19.7. The van der Waals surface area contributed by atoms with Gasteiger partial charge in [-0.15, -0.1) is 0 Å². The molecule has 2 aliphatic heterocycles. The summed E-state index contributed by atoms with van der Waals surface area (Å²) in [5.74, 6) is -0.438. The van der Waals surface area contributed by atoms with Crippen LogP contribution >= 0.6 is 0 Å². The largest absolute Gasteiger partial charge is 0.323 e. The van der Waals surface area contributed by atoms with E-state index in [1.807, 2.05) is 6.07 Å². The van der Waals surface area contributed by atoms with Crippen LogP contribution in [0.5, 0.6) is 0 Å². The Morgan fingerprint density at radius 2 is 2.06 bits per heavy atom. The third-order valence-corrected chi connectivity index (χ3v) is 3.46. The Bertz CT molecular complexity index is 483. The summed E-state index contributed by atoms with van der Waals surface area (Å²) in [4.78, 5) is 13.6. The van der Waals surface area contributed by atoms with Crippen molar-refractivity contribution in [3.05, 3.63) is 29.1 Å². The number of benzene rings is 1. The van der Waals surface area contributed by atoms with Gasteiger partial charge in [-0.1, -0.05) is 6.07 Å². The zero-order valence-corrected chi connectivity index (χ0v) is 10.1. The van der Waals surface area contributed by atoms with Crippen LogP contribution in [-0.4, -0.2) is 37.0 Å². The van der Waals surface area contributed by atoms with E-state index in [2.05, 4.69) is 15.5 Å². The molecule has 0 atom stereocenters. The Morgan fingerprint density at radius 1 is 1.28 bits per heavy atom. The average Bonchev–Trinajstić information content (AvgIpc) is 2.72. The first-order chi connectivity index (χ1) is 8.72. The van der Waals surface area contributed by atoms with E-state index in [9.17, 15) is 9.18 Å². The number of piperazine rings is 1. The molecule has 18 heavy (non-hydrogen) atoms. The van der Waals surface area contributed by atoms with Gasteiger partial charge in [-0.2, -0.15) is 0 Å². The fraction of sp³-hybridized carbons (Fsp3) is 0.462. The number of fused-ring (bicyclic) bond motifs is 1. The Hall–Kier alpha value is -1.46. The highest BCUT2D eigenvalue weighted by molar-refractivity contribution is 5.99. The van der Waals surface area contributed by atoms with Crippen LogP contribution in [0.25, 0.3) is 0 Å². The molecule has 5 heteroatoms.